The van der Waals surface area contributed by atoms with E-state index >= 15 is 0 Å². The average molecular weight is 263 g/mol. The average Bonchev–Trinajstić information content (AvgIpc) is 2.83. The van der Waals surface area contributed by atoms with E-state index in [0.717, 1.165) is 18.7 Å². The maximum atomic E-state index is 3.18. The van der Waals surface area contributed by atoms with E-state index in [1.165, 1.54) is 16.0 Å². The lowest BCUT2D eigenvalue weighted by atomic mass is 10.2. The molecule has 0 aliphatic carbocycles. The molecule has 1 aromatic heterocycles. The Morgan fingerprint density at radius 1 is 1.24 bits per heavy atom. The fraction of sp³-hybridized carbons (Fsp3) is 0.286. The quantitative estimate of drug-likeness (QED) is 0.796. The molecular formula is C14H17NS2. The van der Waals surface area contributed by atoms with Crippen LogP contribution in [0, 0.1) is 0 Å². The first-order chi connectivity index (χ1) is 8.38. The normalized spacial score (nSPS) is 10.6. The van der Waals surface area contributed by atoms with E-state index < -0.39 is 0 Å². The molecule has 0 aliphatic rings. The van der Waals surface area contributed by atoms with E-state index in [2.05, 4.69) is 46.4 Å². The van der Waals surface area contributed by atoms with Crippen LogP contribution in [0.5, 0.6) is 0 Å². The van der Waals surface area contributed by atoms with Crippen molar-refractivity contribution >= 4 is 23.1 Å². The molecule has 0 aliphatic heterocycles. The first-order valence-corrected chi connectivity index (χ1v) is 7.69. The fourth-order valence-electron chi connectivity index (χ4n) is 1.67. The molecule has 2 rings (SSSR count). The number of thiophene rings is 1. The van der Waals surface area contributed by atoms with E-state index in [1.54, 1.807) is 11.3 Å². The zero-order chi connectivity index (χ0) is 11.9. The van der Waals surface area contributed by atoms with Crippen LogP contribution in [0.3, 0.4) is 0 Å². The molecule has 0 amide bonds. The van der Waals surface area contributed by atoms with E-state index in [9.17, 15) is 0 Å². The summed E-state index contributed by atoms with van der Waals surface area (Å²) in [6, 6.07) is 11.0. The van der Waals surface area contributed by atoms with Crippen molar-refractivity contribution in [1.82, 2.24) is 5.32 Å². The summed E-state index contributed by atoms with van der Waals surface area (Å²) in [6.07, 6.45) is 1.16. The first kappa shape index (κ1) is 12.7. The highest BCUT2D eigenvalue weighted by Gasteiger charge is 1.98. The molecule has 3 heteroatoms. The first-order valence-electron chi connectivity index (χ1n) is 5.76. The van der Waals surface area contributed by atoms with Gasteiger partial charge in [-0.15, -0.1) is 11.8 Å². The minimum absolute atomic E-state index is 0.943. The lowest BCUT2D eigenvalue weighted by Crippen LogP contribution is -2.04. The van der Waals surface area contributed by atoms with Crippen molar-refractivity contribution in [3.63, 3.8) is 0 Å². The molecule has 17 heavy (non-hydrogen) atoms. The van der Waals surface area contributed by atoms with Gasteiger partial charge < -0.3 is 5.32 Å². The molecule has 1 aromatic carbocycles. The van der Waals surface area contributed by atoms with Crippen LogP contribution in [-0.4, -0.2) is 12.8 Å². The van der Waals surface area contributed by atoms with Crippen LogP contribution in [0.25, 0.3) is 0 Å². The van der Waals surface area contributed by atoms with Crippen molar-refractivity contribution in [2.24, 2.45) is 0 Å². The van der Waals surface area contributed by atoms with Crippen molar-refractivity contribution in [3.8, 4) is 0 Å². The van der Waals surface area contributed by atoms with Gasteiger partial charge in [0.15, 0.2) is 0 Å². The van der Waals surface area contributed by atoms with Gasteiger partial charge in [-0.3, -0.25) is 0 Å². The third-order valence-electron chi connectivity index (χ3n) is 2.52. The van der Waals surface area contributed by atoms with Gasteiger partial charge >= 0.3 is 0 Å². The summed E-state index contributed by atoms with van der Waals surface area (Å²) in [7, 11) is 1.98. The Labute approximate surface area is 111 Å². The second kappa shape index (κ2) is 6.84. The molecule has 1 nitrogen and oxygen atoms in total. The number of hydrogen-bond donors (Lipinski definition) is 1. The van der Waals surface area contributed by atoms with Crippen LogP contribution in [-0.2, 0) is 13.0 Å². The zero-order valence-electron chi connectivity index (χ0n) is 9.98. The predicted octanol–water partition coefficient (Wildman–Crippen LogP) is 3.80. The smallest absolute Gasteiger partial charge is 0.0202 e. The molecule has 0 spiro atoms. The Kier molecular flexibility index (Phi) is 5.10. The number of benzene rings is 1. The molecular weight excluding hydrogens is 246 g/mol. The van der Waals surface area contributed by atoms with Gasteiger partial charge in [-0.2, -0.15) is 11.3 Å². The predicted molar refractivity (Wildman–Crippen MR) is 78.0 cm³/mol. The number of rotatable bonds is 6. The molecule has 0 bridgehead atoms. The minimum Gasteiger partial charge on any atom is -0.316 e. The van der Waals surface area contributed by atoms with Crippen LogP contribution in [0.2, 0.25) is 0 Å². The number of aryl methyl sites for hydroxylation is 1. The Balaban J connectivity index is 1.84. The van der Waals surface area contributed by atoms with Gasteiger partial charge in [0, 0.05) is 17.2 Å². The topological polar surface area (TPSA) is 12.0 Å². The maximum Gasteiger partial charge on any atom is 0.0202 e. The fourth-order valence-corrected chi connectivity index (χ4v) is 3.36. The van der Waals surface area contributed by atoms with Crippen LogP contribution in [0.15, 0.2) is 46.0 Å². The monoisotopic (exact) mass is 263 g/mol. The molecule has 1 heterocycles. The molecule has 0 fully saturated rings. The molecule has 0 radical (unpaired) electrons. The second-order valence-electron chi connectivity index (χ2n) is 3.91. The Bertz CT molecular complexity index is 437. The molecule has 0 atom stereocenters. The Morgan fingerprint density at radius 2 is 2.18 bits per heavy atom. The van der Waals surface area contributed by atoms with E-state index in [1.807, 2.05) is 18.8 Å². The van der Waals surface area contributed by atoms with E-state index in [0.29, 0.717) is 0 Å². The summed E-state index contributed by atoms with van der Waals surface area (Å²) in [6.45, 7) is 0.943. The van der Waals surface area contributed by atoms with Crippen molar-refractivity contribution in [3.05, 3.63) is 52.2 Å². The van der Waals surface area contributed by atoms with Crippen LogP contribution in [0.4, 0.5) is 0 Å². The van der Waals surface area contributed by atoms with Crippen molar-refractivity contribution < 1.29 is 0 Å². The van der Waals surface area contributed by atoms with Gasteiger partial charge in [0.1, 0.15) is 0 Å². The van der Waals surface area contributed by atoms with Gasteiger partial charge in [-0.05, 0) is 53.6 Å². The summed E-state index contributed by atoms with van der Waals surface area (Å²) in [5, 5.41) is 7.56. The van der Waals surface area contributed by atoms with Crippen molar-refractivity contribution in [2.45, 2.75) is 17.9 Å². The SMILES string of the molecule is CNCc1cccc(SCCc2ccsc2)c1. The highest BCUT2D eigenvalue weighted by Crippen LogP contribution is 2.21. The van der Waals surface area contributed by atoms with E-state index in [-0.39, 0.29) is 0 Å². The van der Waals surface area contributed by atoms with Gasteiger partial charge in [0.05, 0.1) is 0 Å². The number of hydrogen-bond acceptors (Lipinski definition) is 3. The summed E-state index contributed by atoms with van der Waals surface area (Å²) >= 11 is 3.71. The molecule has 2 aromatic rings. The maximum absolute atomic E-state index is 3.18. The summed E-state index contributed by atoms with van der Waals surface area (Å²) in [5.41, 5.74) is 2.81. The molecule has 0 saturated carbocycles. The largest absolute Gasteiger partial charge is 0.316 e. The van der Waals surface area contributed by atoms with Gasteiger partial charge in [-0.25, -0.2) is 0 Å². The van der Waals surface area contributed by atoms with Gasteiger partial charge in [0.2, 0.25) is 0 Å². The lowest BCUT2D eigenvalue weighted by molar-refractivity contribution is 0.815. The molecule has 1 N–H and O–H groups in total. The van der Waals surface area contributed by atoms with Crippen LogP contribution >= 0.6 is 23.1 Å². The third-order valence-corrected chi connectivity index (χ3v) is 4.25. The summed E-state index contributed by atoms with van der Waals surface area (Å²) in [5.74, 6) is 1.15. The number of nitrogens with one attached hydrogen (secondary N) is 1. The second-order valence-corrected chi connectivity index (χ2v) is 5.86. The Hall–Kier alpha value is -0.770. The lowest BCUT2D eigenvalue weighted by Gasteiger charge is -2.04. The molecule has 0 unspecified atom stereocenters. The standard InChI is InChI=1S/C14H17NS2/c1-15-10-13-3-2-4-14(9-13)17-8-6-12-5-7-16-11-12/h2-5,7,9,11,15H,6,8,10H2,1H3. The minimum atomic E-state index is 0.943. The van der Waals surface area contributed by atoms with Crippen LogP contribution < -0.4 is 5.32 Å². The highest BCUT2D eigenvalue weighted by molar-refractivity contribution is 7.99. The Morgan fingerprint density at radius 3 is 2.94 bits per heavy atom. The molecule has 90 valence electrons. The van der Waals surface area contributed by atoms with Gasteiger partial charge in [-0.1, -0.05) is 12.1 Å². The van der Waals surface area contributed by atoms with Crippen molar-refractivity contribution in [1.29, 1.82) is 0 Å². The summed E-state index contributed by atoms with van der Waals surface area (Å²) < 4.78 is 0. The van der Waals surface area contributed by atoms with E-state index in [4.69, 9.17) is 0 Å². The highest BCUT2D eigenvalue weighted by atomic mass is 32.2. The number of thioether (sulfide) groups is 1. The molecule has 0 saturated heterocycles. The van der Waals surface area contributed by atoms with Crippen molar-refractivity contribution in [2.75, 3.05) is 12.8 Å². The zero-order valence-corrected chi connectivity index (χ0v) is 11.6. The third kappa shape index (κ3) is 4.19. The van der Waals surface area contributed by atoms with Crippen LogP contribution in [0.1, 0.15) is 11.1 Å². The summed E-state index contributed by atoms with van der Waals surface area (Å²) in [4.78, 5) is 1.37. The van der Waals surface area contributed by atoms with Gasteiger partial charge in [0.25, 0.3) is 0 Å².